The lowest BCUT2D eigenvalue weighted by Gasteiger charge is -2.07. The fourth-order valence-electron chi connectivity index (χ4n) is 2.37. The maximum atomic E-state index is 13.3. The number of nitrogens with zero attached hydrogens (tertiary/aromatic N) is 2. The second-order valence-corrected chi connectivity index (χ2v) is 5.10. The van der Waals surface area contributed by atoms with E-state index >= 15 is 0 Å². The van der Waals surface area contributed by atoms with E-state index in [-0.39, 0.29) is 11.7 Å². The van der Waals surface area contributed by atoms with Gasteiger partial charge >= 0.3 is 0 Å². The average molecular weight is 297 g/mol. The molecular formula is C17H16FN3O. The van der Waals surface area contributed by atoms with E-state index in [1.165, 1.54) is 12.1 Å². The minimum Gasteiger partial charge on any atom is -0.352 e. The van der Waals surface area contributed by atoms with Gasteiger partial charge in [-0.05, 0) is 41.3 Å². The van der Waals surface area contributed by atoms with Crippen molar-refractivity contribution in [3.63, 3.8) is 0 Å². The van der Waals surface area contributed by atoms with E-state index in [2.05, 4.69) is 10.3 Å². The highest BCUT2D eigenvalue weighted by atomic mass is 19.1. The maximum Gasteiger partial charge on any atom is 0.222 e. The van der Waals surface area contributed by atoms with Crippen LogP contribution >= 0.6 is 0 Å². The lowest BCUT2D eigenvalue weighted by atomic mass is 10.2. The van der Waals surface area contributed by atoms with Gasteiger partial charge in [0.15, 0.2) is 0 Å². The van der Waals surface area contributed by atoms with Gasteiger partial charge in [-0.3, -0.25) is 9.78 Å². The minimum absolute atomic E-state index is 0.0397. The molecule has 0 bridgehead atoms. The van der Waals surface area contributed by atoms with Gasteiger partial charge < -0.3 is 9.88 Å². The molecule has 0 spiro atoms. The van der Waals surface area contributed by atoms with Crippen LogP contribution in [0.4, 0.5) is 4.39 Å². The normalized spacial score (nSPS) is 10.8. The molecule has 0 atom stereocenters. The predicted molar refractivity (Wildman–Crippen MR) is 82.6 cm³/mol. The van der Waals surface area contributed by atoms with Crippen LogP contribution in [0.5, 0.6) is 0 Å². The van der Waals surface area contributed by atoms with Gasteiger partial charge in [0.1, 0.15) is 5.82 Å². The molecule has 3 aromatic rings. The highest BCUT2D eigenvalue weighted by Gasteiger charge is 2.06. The summed E-state index contributed by atoms with van der Waals surface area (Å²) in [6.45, 7) is 0.986. The van der Waals surface area contributed by atoms with Crippen LogP contribution in [-0.2, 0) is 17.9 Å². The average Bonchev–Trinajstić information content (AvgIpc) is 2.94. The zero-order chi connectivity index (χ0) is 15.4. The number of nitrogens with one attached hydrogen (secondary N) is 1. The molecule has 1 amide bonds. The summed E-state index contributed by atoms with van der Waals surface area (Å²) in [6, 6.07) is 10.3. The van der Waals surface area contributed by atoms with E-state index in [0.717, 1.165) is 16.5 Å². The van der Waals surface area contributed by atoms with Gasteiger partial charge in [-0.2, -0.15) is 0 Å². The van der Waals surface area contributed by atoms with Gasteiger partial charge in [-0.15, -0.1) is 0 Å². The first-order valence-electron chi connectivity index (χ1n) is 7.12. The molecule has 3 rings (SSSR count). The quantitative estimate of drug-likeness (QED) is 0.787. The molecule has 0 aliphatic heterocycles. The number of carbonyl (C=O) groups excluding carboxylic acids is 1. The van der Waals surface area contributed by atoms with Crippen LogP contribution in [0.15, 0.2) is 55.0 Å². The molecule has 1 N–H and O–H groups in total. The van der Waals surface area contributed by atoms with Crippen molar-refractivity contribution in [2.45, 2.75) is 19.5 Å². The summed E-state index contributed by atoms with van der Waals surface area (Å²) in [5.74, 6) is -0.310. The Hall–Kier alpha value is -2.69. The van der Waals surface area contributed by atoms with Crippen molar-refractivity contribution >= 4 is 16.8 Å². The van der Waals surface area contributed by atoms with E-state index in [1.807, 2.05) is 29.0 Å². The van der Waals surface area contributed by atoms with E-state index in [0.29, 0.717) is 19.5 Å². The zero-order valence-corrected chi connectivity index (χ0v) is 12.0. The summed E-state index contributed by atoms with van der Waals surface area (Å²) in [6.07, 6.45) is 5.64. The van der Waals surface area contributed by atoms with Crippen molar-refractivity contribution in [3.05, 3.63) is 66.4 Å². The van der Waals surface area contributed by atoms with Crippen molar-refractivity contribution in [1.82, 2.24) is 14.9 Å². The van der Waals surface area contributed by atoms with Crippen molar-refractivity contribution in [2.75, 3.05) is 0 Å². The summed E-state index contributed by atoms with van der Waals surface area (Å²) < 4.78 is 15.2. The van der Waals surface area contributed by atoms with E-state index in [9.17, 15) is 9.18 Å². The number of hydrogen-bond donors (Lipinski definition) is 1. The first-order valence-corrected chi connectivity index (χ1v) is 7.12. The number of aryl methyl sites for hydroxylation is 1. The Morgan fingerprint density at radius 3 is 3.00 bits per heavy atom. The third-order valence-electron chi connectivity index (χ3n) is 3.53. The van der Waals surface area contributed by atoms with Crippen LogP contribution in [0.25, 0.3) is 10.9 Å². The van der Waals surface area contributed by atoms with Gasteiger partial charge in [0.2, 0.25) is 5.91 Å². The maximum absolute atomic E-state index is 13.3. The number of rotatable bonds is 5. The van der Waals surface area contributed by atoms with Crippen LogP contribution < -0.4 is 5.32 Å². The van der Waals surface area contributed by atoms with E-state index in [1.54, 1.807) is 18.5 Å². The molecule has 0 unspecified atom stereocenters. The second kappa shape index (κ2) is 6.39. The first-order chi connectivity index (χ1) is 10.7. The fraction of sp³-hybridized carbons (Fsp3) is 0.176. The molecule has 4 nitrogen and oxygen atoms in total. The Morgan fingerprint density at radius 1 is 1.27 bits per heavy atom. The summed E-state index contributed by atoms with van der Waals surface area (Å²) in [5, 5.41) is 3.82. The standard InChI is InChI=1S/C17H16FN3O/c18-15-4-3-14-5-8-21(16(14)10-15)9-6-17(22)20-12-13-2-1-7-19-11-13/h1-5,7-8,10-11H,6,9,12H2,(H,20,22). The van der Waals surface area contributed by atoms with Crippen molar-refractivity contribution in [1.29, 1.82) is 0 Å². The summed E-state index contributed by atoms with van der Waals surface area (Å²) in [5.41, 5.74) is 1.77. The van der Waals surface area contributed by atoms with Crippen LogP contribution in [0.1, 0.15) is 12.0 Å². The molecule has 22 heavy (non-hydrogen) atoms. The Balaban J connectivity index is 1.57. The predicted octanol–water partition coefficient (Wildman–Crippen LogP) is 2.88. The Bertz CT molecular complexity index is 783. The third kappa shape index (κ3) is 3.31. The molecule has 2 aromatic heterocycles. The van der Waals surface area contributed by atoms with Crippen molar-refractivity contribution in [3.8, 4) is 0 Å². The van der Waals surface area contributed by atoms with Crippen molar-refractivity contribution in [2.24, 2.45) is 0 Å². The van der Waals surface area contributed by atoms with Gasteiger partial charge in [0.25, 0.3) is 0 Å². The summed E-state index contributed by atoms with van der Waals surface area (Å²) in [4.78, 5) is 15.9. The molecule has 0 fully saturated rings. The molecule has 0 saturated carbocycles. The van der Waals surface area contributed by atoms with Crippen molar-refractivity contribution < 1.29 is 9.18 Å². The molecular weight excluding hydrogens is 281 g/mol. The lowest BCUT2D eigenvalue weighted by Crippen LogP contribution is -2.23. The highest BCUT2D eigenvalue weighted by molar-refractivity contribution is 5.80. The minimum atomic E-state index is -0.270. The van der Waals surface area contributed by atoms with Gasteiger partial charge in [0.05, 0.1) is 5.52 Å². The Morgan fingerprint density at radius 2 is 2.18 bits per heavy atom. The third-order valence-corrected chi connectivity index (χ3v) is 3.53. The first kappa shape index (κ1) is 14.3. The number of pyridine rings is 1. The molecule has 0 aliphatic rings. The van der Waals surface area contributed by atoms with Crippen LogP contribution in [0, 0.1) is 5.82 Å². The van der Waals surface area contributed by atoms with E-state index in [4.69, 9.17) is 0 Å². The summed E-state index contributed by atoms with van der Waals surface area (Å²) in [7, 11) is 0. The topological polar surface area (TPSA) is 46.9 Å². The number of aromatic nitrogens is 2. The smallest absolute Gasteiger partial charge is 0.222 e. The largest absolute Gasteiger partial charge is 0.352 e. The highest BCUT2D eigenvalue weighted by Crippen LogP contribution is 2.17. The molecule has 0 saturated heterocycles. The number of hydrogen-bond acceptors (Lipinski definition) is 2. The Labute approximate surface area is 127 Å². The lowest BCUT2D eigenvalue weighted by molar-refractivity contribution is -0.121. The Kier molecular flexibility index (Phi) is 4.14. The number of halogens is 1. The number of fused-ring (bicyclic) bond motifs is 1. The van der Waals surface area contributed by atoms with E-state index < -0.39 is 0 Å². The van der Waals surface area contributed by atoms with Crippen LogP contribution in [0.3, 0.4) is 0 Å². The van der Waals surface area contributed by atoms with Gasteiger partial charge in [0, 0.05) is 38.1 Å². The molecule has 5 heteroatoms. The van der Waals surface area contributed by atoms with Crippen LogP contribution in [-0.4, -0.2) is 15.5 Å². The number of carbonyl (C=O) groups is 1. The van der Waals surface area contributed by atoms with Crippen LogP contribution in [0.2, 0.25) is 0 Å². The second-order valence-electron chi connectivity index (χ2n) is 5.10. The zero-order valence-electron chi connectivity index (χ0n) is 12.0. The fourth-order valence-corrected chi connectivity index (χ4v) is 2.37. The van der Waals surface area contributed by atoms with Gasteiger partial charge in [-0.25, -0.2) is 4.39 Å². The SMILES string of the molecule is O=C(CCn1ccc2ccc(F)cc21)NCc1cccnc1. The molecule has 1 aromatic carbocycles. The summed E-state index contributed by atoms with van der Waals surface area (Å²) >= 11 is 0. The molecule has 112 valence electrons. The molecule has 0 radical (unpaired) electrons. The monoisotopic (exact) mass is 297 g/mol. The van der Waals surface area contributed by atoms with Gasteiger partial charge in [-0.1, -0.05) is 6.07 Å². The molecule has 2 heterocycles. The number of benzene rings is 1. The number of amides is 1. The molecule has 0 aliphatic carbocycles.